The summed E-state index contributed by atoms with van der Waals surface area (Å²) in [5, 5.41) is 5.90. The zero-order chi connectivity index (χ0) is 24.7. The Morgan fingerprint density at radius 1 is 1.11 bits per heavy atom. The van der Waals surface area contributed by atoms with E-state index in [0.29, 0.717) is 33.8 Å². The number of H-pyrrole nitrogens is 1. The zero-order valence-electron chi connectivity index (χ0n) is 20.2. The van der Waals surface area contributed by atoms with Crippen LogP contribution in [-0.2, 0) is 9.59 Å². The number of anilines is 1. The monoisotopic (exact) mass is 478 g/mol. The first-order valence-electron chi connectivity index (χ1n) is 12.4. The van der Waals surface area contributed by atoms with E-state index in [1.807, 2.05) is 18.7 Å². The normalized spacial score (nSPS) is 22.9. The molecule has 2 fully saturated rings. The van der Waals surface area contributed by atoms with Gasteiger partial charge in [-0.3, -0.25) is 14.4 Å². The lowest BCUT2D eigenvalue weighted by atomic mass is 9.85. The number of hydrogen-bond acceptors (Lipinski definition) is 3. The average Bonchev–Trinajstić information content (AvgIpc) is 3.53. The molecule has 1 aromatic carbocycles. The molecule has 3 heterocycles. The second kappa shape index (κ2) is 9.32. The molecule has 1 aliphatic carbocycles. The summed E-state index contributed by atoms with van der Waals surface area (Å²) in [7, 11) is 0. The van der Waals surface area contributed by atoms with Gasteiger partial charge in [0.1, 0.15) is 5.82 Å². The van der Waals surface area contributed by atoms with Crippen molar-refractivity contribution < 1.29 is 18.8 Å². The van der Waals surface area contributed by atoms with E-state index in [9.17, 15) is 18.8 Å². The molecule has 1 aromatic heterocycles. The van der Waals surface area contributed by atoms with Crippen molar-refractivity contribution >= 4 is 35.1 Å². The molecule has 0 unspecified atom stereocenters. The van der Waals surface area contributed by atoms with Gasteiger partial charge in [-0.2, -0.15) is 0 Å². The topological polar surface area (TPSA) is 94.3 Å². The number of aromatic nitrogens is 1. The summed E-state index contributed by atoms with van der Waals surface area (Å²) in [5.74, 6) is -0.524. The Labute approximate surface area is 204 Å². The Morgan fingerprint density at radius 2 is 1.83 bits per heavy atom. The number of aromatic amines is 1. The quantitative estimate of drug-likeness (QED) is 0.576. The molecule has 2 aliphatic heterocycles. The Kier molecular flexibility index (Phi) is 6.21. The molecule has 1 saturated carbocycles. The lowest BCUT2D eigenvalue weighted by molar-refractivity contribution is -0.135. The second-order valence-corrected chi connectivity index (χ2v) is 9.92. The molecule has 0 atom stereocenters. The lowest BCUT2D eigenvalue weighted by Crippen LogP contribution is -2.41. The van der Waals surface area contributed by atoms with Gasteiger partial charge in [0, 0.05) is 47.7 Å². The van der Waals surface area contributed by atoms with Crippen LogP contribution in [0.2, 0.25) is 0 Å². The number of nitrogens with zero attached hydrogens (tertiary/aromatic N) is 1. The van der Waals surface area contributed by atoms with Crippen LogP contribution in [0.5, 0.6) is 0 Å². The van der Waals surface area contributed by atoms with Crippen LogP contribution >= 0.6 is 0 Å². The maximum Gasteiger partial charge on any atom is 0.256 e. The molecular formula is C27H31FN4O3. The van der Waals surface area contributed by atoms with Crippen LogP contribution in [0.1, 0.15) is 71.4 Å². The van der Waals surface area contributed by atoms with Crippen molar-refractivity contribution in [3.8, 4) is 0 Å². The zero-order valence-corrected chi connectivity index (χ0v) is 20.2. The summed E-state index contributed by atoms with van der Waals surface area (Å²) >= 11 is 0. The van der Waals surface area contributed by atoms with Gasteiger partial charge in [-0.05, 0) is 82.2 Å². The summed E-state index contributed by atoms with van der Waals surface area (Å²) in [4.78, 5) is 43.6. The maximum absolute atomic E-state index is 13.8. The van der Waals surface area contributed by atoms with E-state index in [0.717, 1.165) is 57.2 Å². The number of carbonyl (C=O) groups excluding carboxylic acids is 3. The summed E-state index contributed by atoms with van der Waals surface area (Å²) in [6, 6.07) is 4.23. The molecule has 184 valence electrons. The third-order valence-corrected chi connectivity index (χ3v) is 7.59. The van der Waals surface area contributed by atoms with Crippen molar-refractivity contribution in [1.29, 1.82) is 0 Å². The number of fused-ring (bicyclic) bond motifs is 1. The highest BCUT2D eigenvalue weighted by molar-refractivity contribution is 6.34. The molecule has 0 radical (unpaired) electrons. The van der Waals surface area contributed by atoms with E-state index < -0.39 is 5.82 Å². The number of carbonyl (C=O) groups is 3. The first kappa shape index (κ1) is 23.3. The number of nitrogens with one attached hydrogen (secondary N) is 3. The molecule has 2 aromatic rings. The van der Waals surface area contributed by atoms with Gasteiger partial charge < -0.3 is 20.5 Å². The van der Waals surface area contributed by atoms with Gasteiger partial charge in [-0.25, -0.2) is 4.39 Å². The van der Waals surface area contributed by atoms with Crippen molar-refractivity contribution in [1.82, 2.24) is 15.2 Å². The smallest absolute Gasteiger partial charge is 0.256 e. The van der Waals surface area contributed by atoms with Crippen molar-refractivity contribution in [2.45, 2.75) is 58.4 Å². The highest BCUT2D eigenvalue weighted by Gasteiger charge is 2.32. The van der Waals surface area contributed by atoms with E-state index in [-0.39, 0.29) is 29.7 Å². The Hall–Kier alpha value is -3.42. The van der Waals surface area contributed by atoms with Gasteiger partial charge in [0.25, 0.3) is 11.8 Å². The molecule has 8 heteroatoms. The lowest BCUT2D eigenvalue weighted by Gasteiger charge is -2.31. The van der Waals surface area contributed by atoms with Crippen molar-refractivity contribution in [3.63, 3.8) is 0 Å². The summed E-state index contributed by atoms with van der Waals surface area (Å²) < 4.78 is 13.8. The molecule has 3 aliphatic rings. The summed E-state index contributed by atoms with van der Waals surface area (Å²) in [6.45, 7) is 5.43. The molecule has 35 heavy (non-hydrogen) atoms. The average molecular weight is 479 g/mol. The first-order valence-corrected chi connectivity index (χ1v) is 12.4. The van der Waals surface area contributed by atoms with Gasteiger partial charge in [0.05, 0.1) is 11.1 Å². The number of aryl methyl sites for hydroxylation is 1. The molecule has 3 amide bonds. The number of likely N-dealkylation sites (tertiary alicyclic amines) is 1. The molecule has 1 saturated heterocycles. The summed E-state index contributed by atoms with van der Waals surface area (Å²) in [5.41, 5.74) is 4.09. The number of hydrogen-bond donors (Lipinski definition) is 3. The van der Waals surface area contributed by atoms with Crippen LogP contribution in [0.25, 0.3) is 11.6 Å². The van der Waals surface area contributed by atoms with E-state index in [1.165, 1.54) is 12.1 Å². The van der Waals surface area contributed by atoms with E-state index in [4.69, 9.17) is 0 Å². The van der Waals surface area contributed by atoms with E-state index >= 15 is 0 Å². The fourth-order valence-corrected chi connectivity index (χ4v) is 5.64. The van der Waals surface area contributed by atoms with Crippen LogP contribution < -0.4 is 10.6 Å². The van der Waals surface area contributed by atoms with Crippen molar-refractivity contribution in [3.05, 3.63) is 52.1 Å². The van der Waals surface area contributed by atoms with Crippen molar-refractivity contribution in [2.24, 2.45) is 5.92 Å². The standard InChI is InChI=1S/C27H31FN4O3/c1-15-23(14-21-20-13-18(28)7-10-22(20)31-25(21)33)29-16(2)24(15)26(34)30-19-8-5-17(6-9-19)27(35)32-11-3-4-12-32/h7,10,13-14,17,19,29H,3-6,8-9,11-12H2,1-2H3,(H,30,34)(H,31,33)/b21-14-/t17-,19+. The predicted octanol–water partition coefficient (Wildman–Crippen LogP) is 4.17. The molecule has 0 bridgehead atoms. The Bertz CT molecular complexity index is 1220. The van der Waals surface area contributed by atoms with Crippen LogP contribution in [0.15, 0.2) is 18.2 Å². The van der Waals surface area contributed by atoms with E-state index in [2.05, 4.69) is 15.6 Å². The van der Waals surface area contributed by atoms with Gasteiger partial charge in [-0.1, -0.05) is 0 Å². The molecular weight excluding hydrogens is 447 g/mol. The summed E-state index contributed by atoms with van der Waals surface area (Å²) in [6.07, 6.45) is 7.05. The highest BCUT2D eigenvalue weighted by atomic mass is 19.1. The minimum Gasteiger partial charge on any atom is -0.358 e. The van der Waals surface area contributed by atoms with Crippen LogP contribution in [0.3, 0.4) is 0 Å². The van der Waals surface area contributed by atoms with Gasteiger partial charge in [0.2, 0.25) is 5.91 Å². The van der Waals surface area contributed by atoms with Gasteiger partial charge in [0.15, 0.2) is 0 Å². The highest BCUT2D eigenvalue weighted by Crippen LogP contribution is 2.34. The number of amides is 3. The SMILES string of the molecule is Cc1[nH]c(/C=C2\C(=O)Nc3ccc(F)cc32)c(C)c1C(=O)N[C@H]1CC[C@@H](C(=O)N2CCCC2)CC1. The van der Waals surface area contributed by atoms with Gasteiger partial charge >= 0.3 is 0 Å². The minimum absolute atomic E-state index is 0.0381. The minimum atomic E-state index is -0.414. The van der Waals surface area contributed by atoms with Crippen molar-refractivity contribution in [2.75, 3.05) is 18.4 Å². The predicted molar refractivity (Wildman–Crippen MR) is 132 cm³/mol. The van der Waals surface area contributed by atoms with E-state index in [1.54, 1.807) is 12.1 Å². The molecule has 0 spiro atoms. The third kappa shape index (κ3) is 4.49. The third-order valence-electron chi connectivity index (χ3n) is 7.59. The Morgan fingerprint density at radius 3 is 2.54 bits per heavy atom. The number of benzene rings is 1. The fraction of sp³-hybridized carbons (Fsp3) is 0.444. The maximum atomic E-state index is 13.8. The first-order chi connectivity index (χ1) is 16.8. The Balaban J connectivity index is 1.27. The van der Waals surface area contributed by atoms with Crippen LogP contribution in [0.4, 0.5) is 10.1 Å². The fourth-order valence-electron chi connectivity index (χ4n) is 5.64. The largest absolute Gasteiger partial charge is 0.358 e. The van der Waals surface area contributed by atoms with Crippen LogP contribution in [-0.4, -0.2) is 46.7 Å². The molecule has 7 nitrogen and oxygen atoms in total. The van der Waals surface area contributed by atoms with Gasteiger partial charge in [-0.15, -0.1) is 0 Å². The number of rotatable bonds is 4. The molecule has 3 N–H and O–H groups in total. The molecule has 5 rings (SSSR count). The van der Waals surface area contributed by atoms with Crippen LogP contribution in [0, 0.1) is 25.6 Å². The number of halogens is 1. The second-order valence-electron chi connectivity index (χ2n) is 9.92.